The zero-order chi connectivity index (χ0) is 13.0. The highest BCUT2D eigenvalue weighted by atomic mass is 19.3. The Morgan fingerprint density at radius 2 is 2.18 bits per heavy atom. The number of nitrogens with zero attached hydrogens (tertiary/aromatic N) is 1. The maximum atomic E-state index is 13.6. The molecule has 1 aromatic rings. The van der Waals surface area contributed by atoms with Gasteiger partial charge in [0.25, 0.3) is 6.43 Å². The van der Waals surface area contributed by atoms with Gasteiger partial charge >= 0.3 is 5.97 Å². The van der Waals surface area contributed by atoms with E-state index < -0.39 is 30.2 Å². The second kappa shape index (κ2) is 5.65. The number of aryl methyl sites for hydroxylation is 1. The van der Waals surface area contributed by atoms with Crippen LogP contribution in [0.15, 0.2) is 6.20 Å². The van der Waals surface area contributed by atoms with E-state index in [4.69, 9.17) is 0 Å². The van der Waals surface area contributed by atoms with Crippen LogP contribution in [0.3, 0.4) is 0 Å². The first-order chi connectivity index (χ1) is 7.97. The molecule has 94 valence electrons. The Hall–Kier alpha value is -1.59. The van der Waals surface area contributed by atoms with Crippen molar-refractivity contribution in [1.29, 1.82) is 0 Å². The van der Waals surface area contributed by atoms with Gasteiger partial charge in [-0.25, -0.2) is 13.2 Å². The van der Waals surface area contributed by atoms with Gasteiger partial charge in [-0.15, -0.1) is 0 Å². The summed E-state index contributed by atoms with van der Waals surface area (Å²) in [6.45, 7) is 3.08. The van der Waals surface area contributed by atoms with Crippen molar-refractivity contribution in [2.75, 3.05) is 6.61 Å². The minimum Gasteiger partial charge on any atom is -0.466 e. The number of carbonyl (C=O) groups is 1. The van der Waals surface area contributed by atoms with Gasteiger partial charge in [0.2, 0.25) is 0 Å². The van der Waals surface area contributed by atoms with Crippen LogP contribution in [0.2, 0.25) is 0 Å². The van der Waals surface area contributed by atoms with Crippen LogP contribution in [-0.4, -0.2) is 17.6 Å². The molecule has 1 heterocycles. The van der Waals surface area contributed by atoms with Gasteiger partial charge in [-0.05, 0) is 19.4 Å². The Bertz CT molecular complexity index is 421. The minimum absolute atomic E-state index is 0.0603. The number of aromatic nitrogens is 1. The van der Waals surface area contributed by atoms with E-state index in [9.17, 15) is 18.0 Å². The predicted octanol–water partition coefficient (Wildman–Crippen LogP) is 2.57. The van der Waals surface area contributed by atoms with Gasteiger partial charge in [0.1, 0.15) is 0 Å². The van der Waals surface area contributed by atoms with Gasteiger partial charge in [0.05, 0.1) is 24.3 Å². The van der Waals surface area contributed by atoms with Crippen molar-refractivity contribution < 1.29 is 22.7 Å². The predicted molar refractivity (Wildman–Crippen MR) is 54.2 cm³/mol. The normalized spacial score (nSPS) is 10.7. The van der Waals surface area contributed by atoms with E-state index in [1.807, 2.05) is 0 Å². The lowest BCUT2D eigenvalue weighted by Gasteiger charge is -2.09. The van der Waals surface area contributed by atoms with Gasteiger partial charge < -0.3 is 4.74 Å². The van der Waals surface area contributed by atoms with E-state index in [0.717, 1.165) is 6.20 Å². The first-order valence-electron chi connectivity index (χ1n) is 5.05. The van der Waals surface area contributed by atoms with E-state index in [1.54, 1.807) is 6.92 Å². The summed E-state index contributed by atoms with van der Waals surface area (Å²) >= 11 is 0. The molecule has 0 aliphatic heterocycles. The fraction of sp³-hybridized carbons (Fsp3) is 0.455. The van der Waals surface area contributed by atoms with Crippen molar-refractivity contribution in [3.05, 3.63) is 28.8 Å². The van der Waals surface area contributed by atoms with E-state index in [-0.39, 0.29) is 17.9 Å². The third-order valence-electron chi connectivity index (χ3n) is 2.16. The molecule has 17 heavy (non-hydrogen) atoms. The topological polar surface area (TPSA) is 39.2 Å². The number of ether oxygens (including phenoxy) is 1. The Morgan fingerprint density at radius 3 is 2.71 bits per heavy atom. The van der Waals surface area contributed by atoms with Crippen LogP contribution in [0.1, 0.15) is 30.2 Å². The van der Waals surface area contributed by atoms with Crippen molar-refractivity contribution in [3.8, 4) is 0 Å². The highest BCUT2D eigenvalue weighted by molar-refractivity contribution is 5.72. The van der Waals surface area contributed by atoms with Gasteiger partial charge in [-0.3, -0.25) is 9.78 Å². The smallest absolute Gasteiger partial charge is 0.311 e. The molecule has 3 nitrogen and oxygen atoms in total. The average Bonchev–Trinajstić information content (AvgIpc) is 2.22. The summed E-state index contributed by atoms with van der Waals surface area (Å²) in [6.07, 6.45) is -2.25. The Morgan fingerprint density at radius 1 is 1.53 bits per heavy atom. The molecule has 0 radical (unpaired) electrons. The third-order valence-corrected chi connectivity index (χ3v) is 2.16. The molecule has 0 atom stereocenters. The number of pyridine rings is 1. The Kier molecular flexibility index (Phi) is 4.48. The summed E-state index contributed by atoms with van der Waals surface area (Å²) in [5, 5.41) is 0. The first-order valence-corrected chi connectivity index (χ1v) is 5.05. The molecule has 0 bridgehead atoms. The molecule has 0 saturated heterocycles. The van der Waals surface area contributed by atoms with Crippen molar-refractivity contribution >= 4 is 5.97 Å². The van der Waals surface area contributed by atoms with Crippen LogP contribution in [-0.2, 0) is 16.0 Å². The largest absolute Gasteiger partial charge is 0.466 e. The maximum absolute atomic E-state index is 13.6. The summed E-state index contributed by atoms with van der Waals surface area (Å²) < 4.78 is 43.4. The van der Waals surface area contributed by atoms with Crippen LogP contribution < -0.4 is 0 Å². The Balaban J connectivity index is 3.02. The standard InChI is InChI=1S/C11H12F3NO2/c1-3-17-8(16)4-7-10(12)9(11(13)14)6(2)5-15-7/h5,11H,3-4H2,1-2H3. The van der Waals surface area contributed by atoms with E-state index in [0.29, 0.717) is 0 Å². The van der Waals surface area contributed by atoms with Gasteiger partial charge in [0.15, 0.2) is 5.82 Å². The fourth-order valence-electron chi connectivity index (χ4n) is 1.37. The van der Waals surface area contributed by atoms with Gasteiger partial charge in [0, 0.05) is 6.20 Å². The molecule has 0 N–H and O–H groups in total. The van der Waals surface area contributed by atoms with E-state index in [1.165, 1.54) is 6.92 Å². The lowest BCUT2D eigenvalue weighted by Crippen LogP contribution is -2.12. The number of carbonyl (C=O) groups excluding carboxylic acids is 1. The SMILES string of the molecule is CCOC(=O)Cc1ncc(C)c(C(F)F)c1F. The van der Waals surface area contributed by atoms with Crippen molar-refractivity contribution in [3.63, 3.8) is 0 Å². The number of halogens is 3. The summed E-state index contributed by atoms with van der Waals surface area (Å²) in [6, 6.07) is 0. The molecule has 0 fully saturated rings. The van der Waals surface area contributed by atoms with Gasteiger partial charge in [-0.2, -0.15) is 0 Å². The highest BCUT2D eigenvalue weighted by Gasteiger charge is 2.21. The quantitative estimate of drug-likeness (QED) is 0.767. The van der Waals surface area contributed by atoms with E-state index in [2.05, 4.69) is 9.72 Å². The van der Waals surface area contributed by atoms with Crippen LogP contribution in [0, 0.1) is 12.7 Å². The lowest BCUT2D eigenvalue weighted by atomic mass is 10.1. The second-order valence-corrected chi connectivity index (χ2v) is 3.40. The molecule has 1 aromatic heterocycles. The monoisotopic (exact) mass is 247 g/mol. The maximum Gasteiger partial charge on any atom is 0.311 e. The zero-order valence-electron chi connectivity index (χ0n) is 9.47. The summed E-state index contributed by atoms with van der Waals surface area (Å²) in [4.78, 5) is 14.7. The summed E-state index contributed by atoms with van der Waals surface area (Å²) in [7, 11) is 0. The van der Waals surface area contributed by atoms with Crippen molar-refractivity contribution in [2.45, 2.75) is 26.7 Å². The molecular formula is C11H12F3NO2. The molecule has 0 unspecified atom stereocenters. The average molecular weight is 247 g/mol. The number of hydrogen-bond donors (Lipinski definition) is 0. The van der Waals surface area contributed by atoms with E-state index >= 15 is 0 Å². The molecule has 6 heteroatoms. The Labute approximate surface area is 96.6 Å². The summed E-state index contributed by atoms with van der Waals surface area (Å²) in [5.74, 6) is -1.82. The number of hydrogen-bond acceptors (Lipinski definition) is 3. The molecule has 0 amide bonds. The van der Waals surface area contributed by atoms with Gasteiger partial charge in [-0.1, -0.05) is 0 Å². The molecular weight excluding hydrogens is 235 g/mol. The van der Waals surface area contributed by atoms with Crippen LogP contribution in [0.4, 0.5) is 13.2 Å². The molecule has 0 aliphatic carbocycles. The zero-order valence-corrected chi connectivity index (χ0v) is 9.47. The van der Waals surface area contributed by atoms with Crippen molar-refractivity contribution in [2.24, 2.45) is 0 Å². The minimum atomic E-state index is -2.93. The molecule has 0 saturated carbocycles. The van der Waals surface area contributed by atoms with Crippen LogP contribution >= 0.6 is 0 Å². The third kappa shape index (κ3) is 3.18. The second-order valence-electron chi connectivity index (χ2n) is 3.40. The fourth-order valence-corrected chi connectivity index (χ4v) is 1.37. The number of esters is 1. The molecule has 0 aromatic carbocycles. The van der Waals surface area contributed by atoms with Crippen LogP contribution in [0.5, 0.6) is 0 Å². The molecule has 1 rings (SSSR count). The molecule has 0 aliphatic rings. The van der Waals surface area contributed by atoms with Crippen LogP contribution in [0.25, 0.3) is 0 Å². The number of rotatable bonds is 4. The van der Waals surface area contributed by atoms with Crippen molar-refractivity contribution in [1.82, 2.24) is 4.98 Å². The summed E-state index contributed by atoms with van der Waals surface area (Å²) in [5.41, 5.74) is -0.964. The number of alkyl halides is 2. The first kappa shape index (κ1) is 13.5. The lowest BCUT2D eigenvalue weighted by molar-refractivity contribution is -0.142. The molecule has 0 spiro atoms. The highest BCUT2D eigenvalue weighted by Crippen LogP contribution is 2.26.